The summed E-state index contributed by atoms with van der Waals surface area (Å²) in [5.74, 6) is 0. The van der Waals surface area contributed by atoms with Crippen molar-refractivity contribution in [3.63, 3.8) is 0 Å². The summed E-state index contributed by atoms with van der Waals surface area (Å²) >= 11 is 7.08. The minimum Gasteiger partial charge on any atom is -0.336 e. The zero-order chi connectivity index (χ0) is 7.33. The van der Waals surface area contributed by atoms with Gasteiger partial charge < -0.3 is 4.52 Å². The Morgan fingerprint density at radius 2 is 2.11 bits per heavy atom. The van der Waals surface area contributed by atoms with Gasteiger partial charge in [-0.1, -0.05) is 32.4 Å². The zero-order valence-electron chi connectivity index (χ0n) is 5.90. The van der Waals surface area contributed by atoms with E-state index in [0.717, 1.165) is 0 Å². The highest BCUT2D eigenvalue weighted by molar-refractivity contribution is 8.48. The molecule has 0 aromatic heterocycles. The molecule has 9 heavy (non-hydrogen) atoms. The number of hydrogen-bond donors (Lipinski definition) is 0. The van der Waals surface area contributed by atoms with Crippen molar-refractivity contribution in [1.82, 2.24) is 0 Å². The topological polar surface area (TPSA) is 9.23 Å². The van der Waals surface area contributed by atoms with Crippen LogP contribution in [0.25, 0.3) is 0 Å². The van der Waals surface area contributed by atoms with Gasteiger partial charge in [0.05, 0.1) is 8.01 Å². The molecule has 0 aliphatic heterocycles. The maximum atomic E-state index is 5.30. The van der Waals surface area contributed by atoms with E-state index >= 15 is 0 Å². The van der Waals surface area contributed by atoms with Crippen LogP contribution in [0.1, 0.15) is 20.8 Å². The Balaban J connectivity index is 3.07. The molecule has 0 spiro atoms. The van der Waals surface area contributed by atoms with Gasteiger partial charge in [-0.05, 0) is 0 Å². The SMILES string of the molecule is CC(C)(C)SPOCCl. The van der Waals surface area contributed by atoms with Crippen molar-refractivity contribution < 1.29 is 4.52 Å². The molecule has 0 aromatic rings. The number of hydrogen-bond acceptors (Lipinski definition) is 2. The lowest BCUT2D eigenvalue weighted by atomic mass is 10.3. The van der Waals surface area contributed by atoms with Crippen LogP contribution in [-0.4, -0.2) is 10.8 Å². The van der Waals surface area contributed by atoms with E-state index in [9.17, 15) is 0 Å². The first-order valence-corrected chi connectivity index (χ1v) is 5.65. The van der Waals surface area contributed by atoms with E-state index in [1.165, 1.54) is 0 Å². The summed E-state index contributed by atoms with van der Waals surface area (Å²) in [6.07, 6.45) is 0. The van der Waals surface area contributed by atoms with Crippen LogP contribution in [0.2, 0.25) is 0 Å². The third-order valence-corrected chi connectivity index (χ3v) is 4.15. The van der Waals surface area contributed by atoms with Crippen LogP contribution in [0.15, 0.2) is 0 Å². The van der Waals surface area contributed by atoms with Crippen LogP contribution in [0.5, 0.6) is 0 Å². The van der Waals surface area contributed by atoms with Crippen LogP contribution in [0.4, 0.5) is 0 Å². The van der Waals surface area contributed by atoms with Crippen molar-refractivity contribution in [2.45, 2.75) is 25.5 Å². The van der Waals surface area contributed by atoms with Gasteiger partial charge in [-0.15, -0.1) is 11.4 Å². The summed E-state index contributed by atoms with van der Waals surface area (Å²) in [4.78, 5) is 0. The number of rotatable bonds is 3. The maximum absolute atomic E-state index is 5.30. The van der Waals surface area contributed by atoms with Gasteiger partial charge >= 0.3 is 0 Å². The lowest BCUT2D eigenvalue weighted by Gasteiger charge is -2.15. The lowest BCUT2D eigenvalue weighted by molar-refractivity contribution is 0.454. The second-order valence-electron chi connectivity index (χ2n) is 2.55. The monoisotopic (exact) mass is 186 g/mol. The van der Waals surface area contributed by atoms with Crippen LogP contribution < -0.4 is 0 Å². The fraction of sp³-hybridized carbons (Fsp3) is 1.00. The first-order chi connectivity index (χ1) is 4.06. The third kappa shape index (κ3) is 9.03. The van der Waals surface area contributed by atoms with Gasteiger partial charge in [0.2, 0.25) is 0 Å². The molecule has 1 nitrogen and oxygen atoms in total. The molecule has 0 aliphatic carbocycles. The molecule has 1 atom stereocenters. The van der Waals surface area contributed by atoms with Gasteiger partial charge in [0.25, 0.3) is 0 Å². The average Bonchev–Trinajstić information content (AvgIpc) is 1.63. The minimum atomic E-state index is 0.296. The predicted octanol–water partition coefficient (Wildman–Crippen LogP) is 3.24. The molecule has 1 unspecified atom stereocenters. The molecule has 0 rings (SSSR count). The van der Waals surface area contributed by atoms with Gasteiger partial charge in [0.15, 0.2) is 0 Å². The lowest BCUT2D eigenvalue weighted by Crippen LogP contribution is -2.03. The molecule has 0 saturated heterocycles. The van der Waals surface area contributed by atoms with Gasteiger partial charge in [-0.3, -0.25) is 0 Å². The first-order valence-electron chi connectivity index (χ1n) is 2.67. The zero-order valence-corrected chi connectivity index (χ0v) is 8.47. The fourth-order valence-corrected chi connectivity index (χ4v) is 1.99. The maximum Gasteiger partial charge on any atom is 0.125 e. The quantitative estimate of drug-likeness (QED) is 0.380. The molecule has 56 valence electrons. The predicted molar refractivity (Wildman–Crippen MR) is 47.5 cm³/mol. The summed E-state index contributed by atoms with van der Waals surface area (Å²) in [5.41, 5.74) is 0. The standard InChI is InChI=1S/C5H12ClOPS/c1-5(2,3)9-8-7-4-6/h8H,4H2,1-3H3. The van der Waals surface area contributed by atoms with Crippen LogP contribution in [0.3, 0.4) is 0 Å². The molecule has 0 bridgehead atoms. The Morgan fingerprint density at radius 3 is 2.44 bits per heavy atom. The van der Waals surface area contributed by atoms with E-state index in [1.807, 2.05) is 0 Å². The smallest absolute Gasteiger partial charge is 0.125 e. The number of alkyl halides is 1. The molecule has 0 aliphatic rings. The van der Waals surface area contributed by atoms with Crippen molar-refractivity contribution in [2.75, 3.05) is 6.07 Å². The molecular weight excluding hydrogens is 175 g/mol. The second-order valence-corrected chi connectivity index (χ2v) is 5.77. The Kier molecular flexibility index (Phi) is 5.33. The van der Waals surface area contributed by atoms with Crippen LogP contribution in [0, 0.1) is 0 Å². The molecule has 0 fully saturated rings. The Hall–Kier alpha value is 1.03. The molecule has 0 N–H and O–H groups in total. The second kappa shape index (κ2) is 4.79. The Morgan fingerprint density at radius 1 is 1.56 bits per heavy atom. The van der Waals surface area contributed by atoms with Crippen molar-refractivity contribution in [3.8, 4) is 0 Å². The average molecular weight is 187 g/mol. The fourth-order valence-electron chi connectivity index (χ4n) is 0.177. The van der Waals surface area contributed by atoms with Gasteiger partial charge in [0.1, 0.15) is 6.07 Å². The molecular formula is C5H12ClOPS. The van der Waals surface area contributed by atoms with Crippen molar-refractivity contribution in [1.29, 1.82) is 0 Å². The van der Waals surface area contributed by atoms with Gasteiger partial charge in [-0.2, -0.15) is 0 Å². The highest BCUT2D eigenvalue weighted by atomic mass is 35.5. The third-order valence-electron chi connectivity index (χ3n) is 0.461. The highest BCUT2D eigenvalue weighted by Crippen LogP contribution is 2.40. The van der Waals surface area contributed by atoms with E-state index in [4.69, 9.17) is 16.1 Å². The Bertz CT molecular complexity index is 73.8. The molecule has 0 aromatic carbocycles. The largest absolute Gasteiger partial charge is 0.336 e. The highest BCUT2D eigenvalue weighted by Gasteiger charge is 2.09. The number of halogens is 1. The van der Waals surface area contributed by atoms with E-state index in [-0.39, 0.29) is 0 Å². The summed E-state index contributed by atoms with van der Waals surface area (Å²) in [6, 6.07) is 0.307. The van der Waals surface area contributed by atoms with Crippen molar-refractivity contribution in [2.24, 2.45) is 0 Å². The van der Waals surface area contributed by atoms with Crippen LogP contribution >= 0.6 is 31.0 Å². The molecule has 0 radical (unpaired) electrons. The molecule has 0 amide bonds. The summed E-state index contributed by atoms with van der Waals surface area (Å²) in [7, 11) is 0.468. The molecule has 0 heterocycles. The van der Waals surface area contributed by atoms with E-state index < -0.39 is 0 Å². The van der Waals surface area contributed by atoms with E-state index in [0.29, 0.717) is 18.8 Å². The van der Waals surface area contributed by atoms with Crippen molar-refractivity contribution >= 4 is 31.0 Å². The van der Waals surface area contributed by atoms with E-state index in [2.05, 4.69) is 20.8 Å². The normalized spacial score (nSPS) is 13.3. The first kappa shape index (κ1) is 10.0. The van der Waals surface area contributed by atoms with Gasteiger partial charge in [-0.25, -0.2) is 0 Å². The summed E-state index contributed by atoms with van der Waals surface area (Å²) in [6.45, 7) is 6.47. The van der Waals surface area contributed by atoms with E-state index in [1.54, 1.807) is 11.4 Å². The Labute approximate surface area is 67.5 Å². The van der Waals surface area contributed by atoms with Crippen LogP contribution in [-0.2, 0) is 4.52 Å². The molecule has 4 heteroatoms. The summed E-state index contributed by atoms with van der Waals surface area (Å²) in [5, 5.41) is 0. The van der Waals surface area contributed by atoms with Gasteiger partial charge in [0, 0.05) is 4.75 Å². The minimum absolute atomic E-state index is 0.296. The van der Waals surface area contributed by atoms with Crippen molar-refractivity contribution in [3.05, 3.63) is 0 Å². The summed E-state index contributed by atoms with van der Waals surface area (Å²) < 4.78 is 5.26. The molecule has 0 saturated carbocycles.